The summed E-state index contributed by atoms with van der Waals surface area (Å²) in [5, 5.41) is 12.1. The molecule has 0 unspecified atom stereocenters. The highest BCUT2D eigenvalue weighted by Gasteiger charge is 2.40. The molecule has 0 atom stereocenters. The van der Waals surface area contributed by atoms with E-state index in [4.69, 9.17) is 0 Å². The van der Waals surface area contributed by atoms with Crippen molar-refractivity contribution in [3.63, 3.8) is 0 Å². The van der Waals surface area contributed by atoms with Gasteiger partial charge in [0, 0.05) is 13.0 Å². The number of hydrogen-bond donors (Lipinski definition) is 2. The summed E-state index contributed by atoms with van der Waals surface area (Å²) < 4.78 is 0. The molecular weight excluding hydrogens is 218 g/mol. The average molecular weight is 241 g/mol. The fourth-order valence-electron chi connectivity index (χ4n) is 1.95. The minimum absolute atomic E-state index is 0.0887. The second-order valence-corrected chi connectivity index (χ2v) is 5.56. The predicted molar refractivity (Wildman–Crippen MR) is 65.6 cm³/mol. The third-order valence-electron chi connectivity index (χ3n) is 4.12. The van der Waals surface area contributed by atoms with E-state index in [1.54, 1.807) is 0 Å². The van der Waals surface area contributed by atoms with E-state index in [0.29, 0.717) is 19.4 Å². The Morgan fingerprint density at radius 1 is 1.29 bits per heavy atom. The van der Waals surface area contributed by atoms with E-state index in [1.807, 2.05) is 13.8 Å². The topological polar surface area (TPSA) is 66.4 Å². The summed E-state index contributed by atoms with van der Waals surface area (Å²) in [5.74, 6) is -1.00. The normalized spacial score (nSPS) is 17.6. The first kappa shape index (κ1) is 14.0. The maximum atomic E-state index is 11.8. The number of nitrogens with one attached hydrogen (secondary N) is 1. The third kappa shape index (κ3) is 3.45. The molecule has 1 fully saturated rings. The Labute approximate surface area is 103 Å². The van der Waals surface area contributed by atoms with Gasteiger partial charge < -0.3 is 10.4 Å². The van der Waals surface area contributed by atoms with Crippen LogP contribution in [0.2, 0.25) is 0 Å². The highest BCUT2D eigenvalue weighted by Crippen LogP contribution is 2.44. The molecule has 0 aromatic carbocycles. The molecular formula is C13H23NO3. The number of hydrogen-bond acceptors (Lipinski definition) is 2. The van der Waals surface area contributed by atoms with Crippen molar-refractivity contribution in [1.82, 2.24) is 5.32 Å². The first-order valence-electron chi connectivity index (χ1n) is 6.37. The summed E-state index contributed by atoms with van der Waals surface area (Å²) in [6.45, 7) is 6.46. The number of aliphatic carboxylic acids is 1. The highest BCUT2D eigenvalue weighted by atomic mass is 16.4. The molecule has 4 nitrogen and oxygen atoms in total. The van der Waals surface area contributed by atoms with Gasteiger partial charge in [-0.2, -0.15) is 0 Å². The van der Waals surface area contributed by atoms with Crippen LogP contribution in [0.1, 0.15) is 52.9 Å². The van der Waals surface area contributed by atoms with Crippen molar-refractivity contribution in [3.8, 4) is 0 Å². The summed E-state index contributed by atoms with van der Waals surface area (Å²) in [5.41, 5.74) is -0.630. The van der Waals surface area contributed by atoms with Crippen LogP contribution in [-0.2, 0) is 9.59 Å². The van der Waals surface area contributed by atoms with Gasteiger partial charge in [-0.3, -0.25) is 9.59 Å². The molecule has 0 aromatic heterocycles. The van der Waals surface area contributed by atoms with Crippen LogP contribution in [0.25, 0.3) is 0 Å². The molecule has 4 heteroatoms. The third-order valence-corrected chi connectivity index (χ3v) is 4.12. The molecule has 98 valence electrons. The molecule has 1 aliphatic carbocycles. The van der Waals surface area contributed by atoms with E-state index < -0.39 is 11.4 Å². The molecule has 0 saturated heterocycles. The summed E-state index contributed by atoms with van der Waals surface area (Å²) in [6, 6.07) is 0. The van der Waals surface area contributed by atoms with Gasteiger partial charge in [0.2, 0.25) is 5.91 Å². The summed E-state index contributed by atoms with van der Waals surface area (Å²) >= 11 is 0. The number of amides is 1. The van der Waals surface area contributed by atoms with Crippen molar-refractivity contribution in [2.45, 2.75) is 52.9 Å². The molecule has 1 amide bonds. The second-order valence-electron chi connectivity index (χ2n) is 5.56. The lowest BCUT2D eigenvalue weighted by Gasteiger charge is -2.26. The molecule has 17 heavy (non-hydrogen) atoms. The molecule has 0 aliphatic heterocycles. The van der Waals surface area contributed by atoms with Crippen LogP contribution in [0.4, 0.5) is 0 Å². The SMILES string of the molecule is CCC(CC)(CC(=O)NCC1(C)CC1)C(=O)O. The molecule has 1 saturated carbocycles. The van der Waals surface area contributed by atoms with Crippen LogP contribution in [0, 0.1) is 10.8 Å². The van der Waals surface area contributed by atoms with Crippen molar-refractivity contribution < 1.29 is 14.7 Å². The van der Waals surface area contributed by atoms with E-state index in [9.17, 15) is 14.7 Å². The standard InChI is InChI=1S/C13H23NO3/c1-4-13(5-2,11(16)17)8-10(15)14-9-12(3)6-7-12/h4-9H2,1-3H3,(H,14,15)(H,16,17). The van der Waals surface area contributed by atoms with Gasteiger partial charge in [0.1, 0.15) is 0 Å². The Bertz CT molecular complexity index is 304. The predicted octanol–water partition coefficient (Wildman–Crippen LogP) is 2.18. The molecule has 0 bridgehead atoms. The van der Waals surface area contributed by atoms with E-state index in [2.05, 4.69) is 12.2 Å². The summed E-state index contributed by atoms with van der Waals surface area (Å²) in [7, 11) is 0. The van der Waals surface area contributed by atoms with Crippen molar-refractivity contribution in [1.29, 1.82) is 0 Å². The number of rotatable bonds is 7. The first-order valence-corrected chi connectivity index (χ1v) is 6.37. The van der Waals surface area contributed by atoms with Crippen LogP contribution in [0.5, 0.6) is 0 Å². The van der Waals surface area contributed by atoms with Gasteiger partial charge >= 0.3 is 5.97 Å². The first-order chi connectivity index (χ1) is 7.87. The Morgan fingerprint density at radius 2 is 1.82 bits per heavy atom. The largest absolute Gasteiger partial charge is 0.481 e. The maximum Gasteiger partial charge on any atom is 0.310 e. The van der Waals surface area contributed by atoms with Crippen molar-refractivity contribution in [2.75, 3.05) is 6.54 Å². The molecule has 1 rings (SSSR count). The number of carboxylic acid groups (broad SMARTS) is 1. The number of carbonyl (C=O) groups is 2. The lowest BCUT2D eigenvalue weighted by Crippen LogP contribution is -2.38. The monoisotopic (exact) mass is 241 g/mol. The quantitative estimate of drug-likeness (QED) is 0.718. The van der Waals surface area contributed by atoms with Crippen molar-refractivity contribution in [3.05, 3.63) is 0 Å². The second kappa shape index (κ2) is 5.07. The molecule has 0 aromatic rings. The van der Waals surface area contributed by atoms with Gasteiger partial charge in [0.25, 0.3) is 0 Å². The summed E-state index contributed by atoms with van der Waals surface area (Å²) in [6.07, 6.45) is 3.37. The summed E-state index contributed by atoms with van der Waals surface area (Å²) in [4.78, 5) is 23.0. The van der Waals surface area contributed by atoms with Crippen LogP contribution in [-0.4, -0.2) is 23.5 Å². The molecule has 0 heterocycles. The van der Waals surface area contributed by atoms with Crippen molar-refractivity contribution in [2.24, 2.45) is 10.8 Å². The zero-order valence-corrected chi connectivity index (χ0v) is 11.0. The van der Waals surface area contributed by atoms with Gasteiger partial charge in [0.05, 0.1) is 5.41 Å². The lowest BCUT2D eigenvalue weighted by molar-refractivity contribution is -0.152. The van der Waals surface area contributed by atoms with Gasteiger partial charge in [-0.05, 0) is 31.1 Å². The maximum absolute atomic E-state index is 11.8. The molecule has 2 N–H and O–H groups in total. The Balaban J connectivity index is 2.49. The zero-order valence-electron chi connectivity index (χ0n) is 11.0. The van der Waals surface area contributed by atoms with Crippen LogP contribution < -0.4 is 5.32 Å². The van der Waals surface area contributed by atoms with Crippen LogP contribution in [0.15, 0.2) is 0 Å². The zero-order chi connectivity index (χ0) is 13.1. The highest BCUT2D eigenvalue weighted by molar-refractivity contribution is 5.84. The minimum atomic E-state index is -0.894. The minimum Gasteiger partial charge on any atom is -0.481 e. The Kier molecular flexibility index (Phi) is 4.17. The Morgan fingerprint density at radius 3 is 2.18 bits per heavy atom. The van der Waals surface area contributed by atoms with Crippen LogP contribution >= 0.6 is 0 Å². The van der Waals surface area contributed by atoms with Crippen molar-refractivity contribution >= 4 is 11.9 Å². The van der Waals surface area contributed by atoms with E-state index in [0.717, 1.165) is 12.8 Å². The number of carboxylic acids is 1. The van der Waals surface area contributed by atoms with Gasteiger partial charge in [0.15, 0.2) is 0 Å². The fourth-order valence-corrected chi connectivity index (χ4v) is 1.95. The Hall–Kier alpha value is -1.06. The van der Waals surface area contributed by atoms with Gasteiger partial charge in [-0.25, -0.2) is 0 Å². The lowest BCUT2D eigenvalue weighted by atomic mass is 9.79. The van der Waals surface area contributed by atoms with E-state index in [1.165, 1.54) is 0 Å². The van der Waals surface area contributed by atoms with Crippen LogP contribution in [0.3, 0.4) is 0 Å². The van der Waals surface area contributed by atoms with Gasteiger partial charge in [-0.15, -0.1) is 0 Å². The molecule has 1 aliphatic rings. The molecule has 0 radical (unpaired) electrons. The molecule has 0 spiro atoms. The van der Waals surface area contributed by atoms with E-state index >= 15 is 0 Å². The smallest absolute Gasteiger partial charge is 0.310 e. The van der Waals surface area contributed by atoms with E-state index in [-0.39, 0.29) is 17.7 Å². The van der Waals surface area contributed by atoms with Gasteiger partial charge in [-0.1, -0.05) is 20.8 Å². The average Bonchev–Trinajstić information content (AvgIpc) is 3.02. The fraction of sp³-hybridized carbons (Fsp3) is 0.846. The number of carbonyl (C=O) groups excluding carboxylic acids is 1.